The van der Waals surface area contributed by atoms with Gasteiger partial charge in [-0.3, -0.25) is 9.78 Å². The van der Waals surface area contributed by atoms with Crippen LogP contribution in [0.15, 0.2) is 54.9 Å². The van der Waals surface area contributed by atoms with Gasteiger partial charge in [0.05, 0.1) is 23.0 Å². The first-order valence-electron chi connectivity index (χ1n) is 8.76. The van der Waals surface area contributed by atoms with Gasteiger partial charge in [-0.2, -0.15) is 26.3 Å². The fourth-order valence-corrected chi connectivity index (χ4v) is 2.97. The van der Waals surface area contributed by atoms with Gasteiger partial charge in [0.2, 0.25) is 0 Å². The van der Waals surface area contributed by atoms with E-state index in [4.69, 9.17) is 0 Å². The van der Waals surface area contributed by atoms with Crippen LogP contribution in [0.2, 0.25) is 0 Å². The smallest absolute Gasteiger partial charge is 0.309 e. The summed E-state index contributed by atoms with van der Waals surface area (Å²) in [7, 11) is 1.06. The number of alkyl halides is 6. The number of hydrogen-bond acceptors (Lipinski definition) is 2. The largest absolute Gasteiger partial charge is 0.416 e. The van der Waals surface area contributed by atoms with E-state index in [1.165, 1.54) is 12.3 Å². The number of anilines is 1. The SMILES string of the molecule is CN(C(=O)c1cc(C(F)(F)F)cc(C(F)(F)F)c1)c1cnccc1-c1cc(F)ccc1F. The molecular weight excluding hydrogens is 448 g/mol. The fraction of sp³-hybridized carbons (Fsp3) is 0.143. The quantitative estimate of drug-likeness (QED) is 0.428. The summed E-state index contributed by atoms with van der Waals surface area (Å²) in [6.45, 7) is 0. The molecular formula is C21H12F8N2O. The van der Waals surface area contributed by atoms with Gasteiger partial charge in [0.15, 0.2) is 0 Å². The van der Waals surface area contributed by atoms with Crippen molar-refractivity contribution in [2.24, 2.45) is 0 Å². The lowest BCUT2D eigenvalue weighted by molar-refractivity contribution is -0.143. The molecule has 0 aliphatic heterocycles. The summed E-state index contributed by atoms with van der Waals surface area (Å²) in [5.41, 5.74) is -4.70. The Hall–Kier alpha value is -3.50. The van der Waals surface area contributed by atoms with Gasteiger partial charge in [0, 0.05) is 29.9 Å². The highest BCUT2D eigenvalue weighted by atomic mass is 19.4. The molecule has 0 saturated carbocycles. The maximum atomic E-state index is 14.3. The minimum Gasteiger partial charge on any atom is -0.309 e. The number of nitrogens with zero attached hydrogens (tertiary/aromatic N) is 2. The first-order valence-corrected chi connectivity index (χ1v) is 8.76. The van der Waals surface area contributed by atoms with Crippen molar-refractivity contribution in [1.82, 2.24) is 4.98 Å². The molecule has 0 atom stereocenters. The van der Waals surface area contributed by atoms with Crippen molar-refractivity contribution < 1.29 is 39.9 Å². The van der Waals surface area contributed by atoms with Crippen molar-refractivity contribution in [3.63, 3.8) is 0 Å². The van der Waals surface area contributed by atoms with Gasteiger partial charge >= 0.3 is 12.4 Å². The number of rotatable bonds is 3. The molecule has 3 rings (SSSR count). The Morgan fingerprint density at radius 1 is 0.844 bits per heavy atom. The number of carbonyl (C=O) groups is 1. The predicted molar refractivity (Wildman–Crippen MR) is 98.8 cm³/mol. The van der Waals surface area contributed by atoms with Crippen LogP contribution in [0.5, 0.6) is 0 Å². The Morgan fingerprint density at radius 2 is 1.44 bits per heavy atom. The summed E-state index contributed by atoms with van der Waals surface area (Å²) in [6.07, 6.45) is -8.03. The van der Waals surface area contributed by atoms with Crippen LogP contribution in [0, 0.1) is 11.6 Å². The van der Waals surface area contributed by atoms with E-state index < -0.39 is 46.6 Å². The molecule has 3 nitrogen and oxygen atoms in total. The second-order valence-corrected chi connectivity index (χ2v) is 6.68. The molecule has 0 N–H and O–H groups in total. The van der Waals surface area contributed by atoms with Crippen molar-refractivity contribution >= 4 is 11.6 Å². The average molecular weight is 460 g/mol. The standard InChI is InChI=1S/C21H12F8N2O/c1-31(18-10-30-5-4-15(18)16-9-14(22)2-3-17(16)23)19(32)11-6-12(20(24,25)26)8-13(7-11)21(27,28)29/h2-10H,1H3. The maximum Gasteiger partial charge on any atom is 0.416 e. The Kier molecular flexibility index (Phi) is 5.94. The summed E-state index contributed by atoms with van der Waals surface area (Å²) in [5, 5.41) is 0. The molecule has 32 heavy (non-hydrogen) atoms. The van der Waals surface area contributed by atoms with E-state index in [1.807, 2.05) is 0 Å². The van der Waals surface area contributed by atoms with Crippen LogP contribution in [0.4, 0.5) is 40.8 Å². The normalized spacial score (nSPS) is 12.0. The molecule has 0 aliphatic carbocycles. The summed E-state index contributed by atoms with van der Waals surface area (Å²) in [6, 6.07) is 4.21. The second kappa shape index (κ2) is 8.21. The van der Waals surface area contributed by atoms with E-state index >= 15 is 0 Å². The summed E-state index contributed by atoms with van der Waals surface area (Å²) < 4.78 is 107. The molecule has 0 spiro atoms. The number of hydrogen-bond donors (Lipinski definition) is 0. The lowest BCUT2D eigenvalue weighted by Crippen LogP contribution is -2.28. The zero-order valence-electron chi connectivity index (χ0n) is 16.0. The highest BCUT2D eigenvalue weighted by Crippen LogP contribution is 2.37. The highest BCUT2D eigenvalue weighted by Gasteiger charge is 2.38. The van der Waals surface area contributed by atoms with Gasteiger partial charge in [-0.05, 0) is 42.5 Å². The number of halogens is 8. The number of benzene rings is 2. The molecule has 1 amide bonds. The van der Waals surface area contributed by atoms with Gasteiger partial charge in [0.25, 0.3) is 5.91 Å². The van der Waals surface area contributed by atoms with Gasteiger partial charge < -0.3 is 4.90 Å². The molecule has 0 radical (unpaired) electrons. The molecule has 0 saturated heterocycles. The first kappa shape index (κ1) is 23.2. The molecule has 1 heterocycles. The zero-order valence-corrected chi connectivity index (χ0v) is 16.0. The molecule has 2 aromatic carbocycles. The van der Waals surface area contributed by atoms with E-state index in [-0.39, 0.29) is 35.0 Å². The van der Waals surface area contributed by atoms with Gasteiger partial charge in [-0.1, -0.05) is 0 Å². The highest BCUT2D eigenvalue weighted by molar-refractivity contribution is 6.07. The van der Waals surface area contributed by atoms with Crippen LogP contribution in [0.3, 0.4) is 0 Å². The lowest BCUT2D eigenvalue weighted by Gasteiger charge is -2.22. The Balaban J connectivity index is 2.12. The van der Waals surface area contributed by atoms with Crippen molar-refractivity contribution in [1.29, 1.82) is 0 Å². The molecule has 11 heteroatoms. The van der Waals surface area contributed by atoms with Crippen LogP contribution in [-0.4, -0.2) is 17.9 Å². The minimum absolute atomic E-state index is 0.0455. The van der Waals surface area contributed by atoms with Crippen LogP contribution in [0.1, 0.15) is 21.5 Å². The third-order valence-electron chi connectivity index (χ3n) is 4.52. The van der Waals surface area contributed by atoms with Crippen LogP contribution in [0.25, 0.3) is 11.1 Å². The van der Waals surface area contributed by atoms with Crippen molar-refractivity contribution in [3.8, 4) is 11.1 Å². The Bertz CT molecular complexity index is 1140. The van der Waals surface area contributed by atoms with Crippen LogP contribution in [-0.2, 0) is 12.4 Å². The third kappa shape index (κ3) is 4.71. The topological polar surface area (TPSA) is 33.2 Å². The minimum atomic E-state index is -5.14. The molecule has 168 valence electrons. The molecule has 1 aromatic heterocycles. The van der Waals surface area contributed by atoms with Crippen LogP contribution >= 0.6 is 0 Å². The summed E-state index contributed by atoms with van der Waals surface area (Å²) in [4.78, 5) is 17.3. The maximum absolute atomic E-state index is 14.3. The molecule has 0 fully saturated rings. The van der Waals surface area contributed by atoms with Gasteiger partial charge in [0.1, 0.15) is 11.6 Å². The van der Waals surface area contributed by atoms with Crippen LogP contribution < -0.4 is 4.90 Å². The number of carbonyl (C=O) groups excluding carboxylic acids is 1. The third-order valence-corrected chi connectivity index (χ3v) is 4.52. The number of aromatic nitrogens is 1. The predicted octanol–water partition coefficient (Wildman–Crippen LogP) is 6.34. The van der Waals surface area contributed by atoms with Crippen molar-refractivity contribution in [2.45, 2.75) is 12.4 Å². The lowest BCUT2D eigenvalue weighted by atomic mass is 10.0. The van der Waals surface area contributed by atoms with E-state index in [1.54, 1.807) is 0 Å². The van der Waals surface area contributed by atoms with Crippen molar-refractivity contribution in [3.05, 3.63) is 83.2 Å². The first-order chi connectivity index (χ1) is 14.8. The second-order valence-electron chi connectivity index (χ2n) is 6.68. The van der Waals surface area contributed by atoms with Gasteiger partial charge in [-0.15, -0.1) is 0 Å². The van der Waals surface area contributed by atoms with E-state index in [2.05, 4.69) is 4.98 Å². The monoisotopic (exact) mass is 460 g/mol. The van der Waals surface area contributed by atoms with Crippen molar-refractivity contribution in [2.75, 3.05) is 11.9 Å². The number of amides is 1. The number of pyridine rings is 1. The zero-order chi connectivity index (χ0) is 23.8. The van der Waals surface area contributed by atoms with Gasteiger partial charge in [-0.25, -0.2) is 8.78 Å². The fourth-order valence-electron chi connectivity index (χ4n) is 2.97. The molecule has 0 unspecified atom stereocenters. The molecule has 0 aliphatic rings. The molecule has 0 bridgehead atoms. The summed E-state index contributed by atoms with van der Waals surface area (Å²) >= 11 is 0. The Morgan fingerprint density at radius 3 is 2.00 bits per heavy atom. The molecule has 3 aromatic rings. The average Bonchev–Trinajstić information content (AvgIpc) is 2.73. The summed E-state index contributed by atoms with van der Waals surface area (Å²) in [5.74, 6) is -2.91. The Labute approximate surface area is 175 Å². The van der Waals surface area contributed by atoms with E-state index in [0.717, 1.165) is 31.4 Å². The van der Waals surface area contributed by atoms with E-state index in [9.17, 15) is 39.9 Å². The van der Waals surface area contributed by atoms with E-state index in [0.29, 0.717) is 4.90 Å².